The highest BCUT2D eigenvalue weighted by atomic mass is 32.1. The Balaban J connectivity index is 2.09. The molecule has 0 atom stereocenters. The quantitative estimate of drug-likeness (QED) is 0.849. The SMILES string of the molecule is CCc1nc(COc2ccccc2F)sc1C#N. The molecule has 3 nitrogen and oxygen atoms in total. The molecule has 0 radical (unpaired) electrons. The Morgan fingerprint density at radius 3 is 2.83 bits per heavy atom. The highest BCUT2D eigenvalue weighted by Crippen LogP contribution is 2.21. The third kappa shape index (κ3) is 2.66. The van der Waals surface area contributed by atoms with Gasteiger partial charge in [0.1, 0.15) is 22.6 Å². The van der Waals surface area contributed by atoms with Gasteiger partial charge in [-0.1, -0.05) is 19.1 Å². The van der Waals surface area contributed by atoms with Crippen molar-refractivity contribution in [2.24, 2.45) is 0 Å². The van der Waals surface area contributed by atoms with Gasteiger partial charge in [-0.15, -0.1) is 11.3 Å². The minimum atomic E-state index is -0.398. The Hall–Kier alpha value is -1.93. The van der Waals surface area contributed by atoms with Gasteiger partial charge in [-0.25, -0.2) is 9.37 Å². The van der Waals surface area contributed by atoms with Gasteiger partial charge in [-0.3, -0.25) is 0 Å². The summed E-state index contributed by atoms with van der Waals surface area (Å²) in [5.41, 5.74) is 0.773. The topological polar surface area (TPSA) is 45.9 Å². The lowest BCUT2D eigenvalue weighted by atomic mass is 10.3. The molecule has 1 heterocycles. The predicted molar refractivity (Wildman–Crippen MR) is 66.9 cm³/mol. The van der Waals surface area contributed by atoms with Crippen molar-refractivity contribution in [1.29, 1.82) is 5.26 Å². The van der Waals surface area contributed by atoms with E-state index in [2.05, 4.69) is 11.1 Å². The van der Waals surface area contributed by atoms with Gasteiger partial charge in [-0.2, -0.15) is 5.26 Å². The van der Waals surface area contributed by atoms with E-state index in [-0.39, 0.29) is 12.4 Å². The number of thiazole rings is 1. The van der Waals surface area contributed by atoms with Crippen LogP contribution in [0.2, 0.25) is 0 Å². The van der Waals surface area contributed by atoms with E-state index in [4.69, 9.17) is 10.00 Å². The van der Waals surface area contributed by atoms with Crippen molar-refractivity contribution in [3.05, 3.63) is 45.7 Å². The van der Waals surface area contributed by atoms with Crippen LogP contribution in [0.25, 0.3) is 0 Å². The van der Waals surface area contributed by atoms with Crippen LogP contribution in [-0.4, -0.2) is 4.98 Å². The lowest BCUT2D eigenvalue weighted by Gasteiger charge is -2.04. The fourth-order valence-electron chi connectivity index (χ4n) is 1.49. The molecule has 0 bridgehead atoms. The maximum Gasteiger partial charge on any atom is 0.165 e. The summed E-state index contributed by atoms with van der Waals surface area (Å²) in [6.45, 7) is 2.12. The van der Waals surface area contributed by atoms with Gasteiger partial charge in [0.05, 0.1) is 5.69 Å². The average Bonchev–Trinajstić information content (AvgIpc) is 2.80. The highest BCUT2D eigenvalue weighted by molar-refractivity contribution is 7.12. The monoisotopic (exact) mass is 262 g/mol. The summed E-state index contributed by atoms with van der Waals surface area (Å²) < 4.78 is 18.7. The van der Waals surface area contributed by atoms with Crippen molar-refractivity contribution in [3.63, 3.8) is 0 Å². The predicted octanol–water partition coefficient (Wildman–Crippen LogP) is 3.30. The summed E-state index contributed by atoms with van der Waals surface area (Å²) >= 11 is 1.29. The third-order valence-electron chi connectivity index (χ3n) is 2.37. The first-order valence-corrected chi connectivity index (χ1v) is 6.32. The first kappa shape index (κ1) is 12.5. The van der Waals surface area contributed by atoms with Crippen molar-refractivity contribution in [2.75, 3.05) is 0 Å². The molecule has 1 aromatic heterocycles. The average molecular weight is 262 g/mol. The molecule has 2 rings (SSSR count). The van der Waals surface area contributed by atoms with Crippen molar-refractivity contribution in [2.45, 2.75) is 20.0 Å². The molecule has 0 aliphatic rings. The molecule has 0 N–H and O–H groups in total. The summed E-state index contributed by atoms with van der Waals surface area (Å²) in [7, 11) is 0. The van der Waals surface area contributed by atoms with E-state index in [9.17, 15) is 4.39 Å². The van der Waals surface area contributed by atoms with Crippen molar-refractivity contribution < 1.29 is 9.13 Å². The van der Waals surface area contributed by atoms with E-state index in [1.165, 1.54) is 17.4 Å². The minimum absolute atomic E-state index is 0.181. The number of hydrogen-bond acceptors (Lipinski definition) is 4. The minimum Gasteiger partial charge on any atom is -0.483 e. The summed E-state index contributed by atoms with van der Waals surface area (Å²) in [6, 6.07) is 8.32. The van der Waals surface area contributed by atoms with Crippen LogP contribution in [0.15, 0.2) is 24.3 Å². The van der Waals surface area contributed by atoms with Gasteiger partial charge in [0, 0.05) is 0 Å². The number of aryl methyl sites for hydroxylation is 1. The second-order valence-corrected chi connectivity index (χ2v) is 4.65. The normalized spacial score (nSPS) is 10.1. The number of nitrogens with zero attached hydrogens (tertiary/aromatic N) is 2. The number of nitriles is 1. The Kier molecular flexibility index (Phi) is 3.90. The van der Waals surface area contributed by atoms with E-state index in [0.29, 0.717) is 16.3 Å². The smallest absolute Gasteiger partial charge is 0.165 e. The fraction of sp³-hybridized carbons (Fsp3) is 0.231. The van der Waals surface area contributed by atoms with Crippen LogP contribution < -0.4 is 4.74 Å². The van der Waals surface area contributed by atoms with Gasteiger partial charge in [0.15, 0.2) is 11.6 Å². The van der Waals surface area contributed by atoms with Crippen molar-refractivity contribution in [1.82, 2.24) is 4.98 Å². The molecular weight excluding hydrogens is 251 g/mol. The lowest BCUT2D eigenvalue weighted by Crippen LogP contribution is -1.97. The first-order chi connectivity index (χ1) is 8.74. The van der Waals surface area contributed by atoms with Crippen LogP contribution >= 0.6 is 11.3 Å². The molecule has 0 fully saturated rings. The number of halogens is 1. The molecule has 18 heavy (non-hydrogen) atoms. The van der Waals surface area contributed by atoms with E-state index in [0.717, 1.165) is 5.69 Å². The fourth-order valence-corrected chi connectivity index (χ4v) is 2.35. The molecule has 2 aromatic rings. The van der Waals surface area contributed by atoms with Crippen LogP contribution in [0.5, 0.6) is 5.75 Å². The number of ether oxygens (including phenoxy) is 1. The molecule has 5 heteroatoms. The highest BCUT2D eigenvalue weighted by Gasteiger charge is 2.10. The molecule has 92 valence electrons. The first-order valence-electron chi connectivity index (χ1n) is 5.50. The second kappa shape index (κ2) is 5.61. The van der Waals surface area contributed by atoms with Crippen molar-refractivity contribution >= 4 is 11.3 Å². The van der Waals surface area contributed by atoms with Crippen LogP contribution in [0, 0.1) is 17.1 Å². The van der Waals surface area contributed by atoms with E-state index in [1.807, 2.05) is 6.92 Å². The molecule has 0 saturated carbocycles. The molecule has 0 unspecified atom stereocenters. The molecule has 0 spiro atoms. The Bertz CT molecular complexity index is 589. The molecule has 0 amide bonds. The Morgan fingerprint density at radius 1 is 1.44 bits per heavy atom. The molecule has 0 saturated heterocycles. The summed E-state index contributed by atoms with van der Waals surface area (Å²) in [4.78, 5) is 4.89. The van der Waals surface area contributed by atoms with Crippen LogP contribution in [0.3, 0.4) is 0 Å². The summed E-state index contributed by atoms with van der Waals surface area (Å²) in [5.74, 6) is -0.200. The molecule has 0 aliphatic carbocycles. The maximum atomic E-state index is 13.3. The zero-order valence-electron chi connectivity index (χ0n) is 9.81. The number of para-hydroxylation sites is 1. The van der Waals surface area contributed by atoms with Crippen LogP contribution in [0.4, 0.5) is 4.39 Å². The zero-order valence-corrected chi connectivity index (χ0v) is 10.6. The lowest BCUT2D eigenvalue weighted by molar-refractivity contribution is 0.289. The van der Waals surface area contributed by atoms with Crippen LogP contribution in [0.1, 0.15) is 22.5 Å². The molecule has 1 aromatic carbocycles. The van der Waals surface area contributed by atoms with E-state index in [1.54, 1.807) is 18.2 Å². The number of rotatable bonds is 4. The standard InChI is InChI=1S/C13H11FN2OS/c1-2-10-12(7-15)18-13(16-10)8-17-11-6-4-3-5-9(11)14/h3-6H,2,8H2,1H3. The van der Waals surface area contributed by atoms with Gasteiger partial charge >= 0.3 is 0 Å². The Morgan fingerprint density at radius 2 is 2.22 bits per heavy atom. The van der Waals surface area contributed by atoms with Crippen molar-refractivity contribution in [3.8, 4) is 11.8 Å². The summed E-state index contributed by atoms with van der Waals surface area (Å²) in [5, 5.41) is 9.60. The number of hydrogen-bond donors (Lipinski definition) is 0. The maximum absolute atomic E-state index is 13.3. The second-order valence-electron chi connectivity index (χ2n) is 3.57. The zero-order chi connectivity index (χ0) is 13.0. The molecule has 0 aliphatic heterocycles. The number of benzene rings is 1. The Labute approximate surface area is 108 Å². The summed E-state index contributed by atoms with van der Waals surface area (Å²) in [6.07, 6.45) is 0.707. The molecular formula is C13H11FN2OS. The van der Waals surface area contributed by atoms with E-state index < -0.39 is 5.82 Å². The third-order valence-corrected chi connectivity index (χ3v) is 3.34. The van der Waals surface area contributed by atoms with Crippen LogP contribution in [-0.2, 0) is 13.0 Å². The van der Waals surface area contributed by atoms with Gasteiger partial charge < -0.3 is 4.74 Å². The largest absolute Gasteiger partial charge is 0.483 e. The van der Waals surface area contributed by atoms with Gasteiger partial charge in [-0.05, 0) is 18.6 Å². The van der Waals surface area contributed by atoms with E-state index >= 15 is 0 Å². The van der Waals surface area contributed by atoms with Gasteiger partial charge in [0.25, 0.3) is 0 Å². The number of aromatic nitrogens is 1. The van der Waals surface area contributed by atoms with Gasteiger partial charge in [0.2, 0.25) is 0 Å².